The van der Waals surface area contributed by atoms with Crippen molar-refractivity contribution in [2.24, 2.45) is 5.14 Å². The number of aromatic hydroxyl groups is 1. The zero-order valence-electron chi connectivity index (χ0n) is 7.07. The molecule has 2 rings (SSSR count). The topological polar surface area (TPSA) is 59.1 Å². The Balaban J connectivity index is 2.79. The second-order valence-corrected chi connectivity index (χ2v) is 4.34. The fraction of sp³-hybridized carbons (Fsp3) is 0. The highest BCUT2D eigenvalue weighted by Gasteiger charge is 2.06. The molecule has 0 bridgehead atoms. The first-order chi connectivity index (χ1) is 6.72. The molecule has 3 nitrogen and oxygen atoms in total. The molecule has 0 spiro atoms. The molecule has 0 radical (unpaired) electrons. The Labute approximate surface area is 93.6 Å². The van der Waals surface area contributed by atoms with Crippen LogP contribution in [0.25, 0.3) is 10.9 Å². The van der Waals surface area contributed by atoms with Crippen molar-refractivity contribution in [3.8, 4) is 5.75 Å². The third-order valence-electron chi connectivity index (χ3n) is 1.89. The summed E-state index contributed by atoms with van der Waals surface area (Å²) in [4.78, 5) is 4.75. The van der Waals surface area contributed by atoms with Gasteiger partial charge in [0.15, 0.2) is 0 Å². The van der Waals surface area contributed by atoms with E-state index in [0.29, 0.717) is 10.3 Å². The Morgan fingerprint density at radius 3 is 2.93 bits per heavy atom. The quantitative estimate of drug-likeness (QED) is 0.783. The number of aromatic nitrogens is 1. The molecule has 2 aromatic rings. The van der Waals surface area contributed by atoms with Gasteiger partial charge < -0.3 is 5.11 Å². The van der Waals surface area contributed by atoms with Gasteiger partial charge in [-0.05, 0) is 30.1 Å². The first kappa shape index (κ1) is 9.76. The summed E-state index contributed by atoms with van der Waals surface area (Å²) >= 11 is 4.32. The van der Waals surface area contributed by atoms with Crippen molar-refractivity contribution >= 4 is 38.8 Å². The number of nitrogens with two attached hydrogens (primary N) is 1. The molecule has 1 heterocycles. The summed E-state index contributed by atoms with van der Waals surface area (Å²) < 4.78 is 0.904. The Bertz CT molecular complexity index is 489. The third-order valence-corrected chi connectivity index (χ3v) is 2.94. The molecule has 0 fully saturated rings. The number of hydrogen-bond donors (Lipinski definition) is 2. The van der Waals surface area contributed by atoms with E-state index >= 15 is 0 Å². The van der Waals surface area contributed by atoms with Crippen LogP contribution in [-0.4, -0.2) is 10.1 Å². The summed E-state index contributed by atoms with van der Waals surface area (Å²) in [5.41, 5.74) is 0.753. The van der Waals surface area contributed by atoms with Gasteiger partial charge in [-0.1, -0.05) is 15.9 Å². The van der Waals surface area contributed by atoms with Crippen LogP contribution in [0.5, 0.6) is 5.75 Å². The molecule has 1 aromatic heterocycles. The predicted molar refractivity (Wildman–Crippen MR) is 61.2 cm³/mol. The Hall–Kier alpha value is -0.780. The maximum absolute atomic E-state index is 9.81. The lowest BCUT2D eigenvalue weighted by molar-refractivity contribution is 0.468. The number of halogens is 1. The van der Waals surface area contributed by atoms with Crippen LogP contribution in [0.4, 0.5) is 0 Å². The van der Waals surface area contributed by atoms with Gasteiger partial charge in [-0.2, -0.15) is 0 Å². The average Bonchev–Trinajstić information content (AvgIpc) is 2.20. The molecule has 72 valence electrons. The van der Waals surface area contributed by atoms with Gasteiger partial charge >= 0.3 is 0 Å². The first-order valence-corrected chi connectivity index (χ1v) is 5.53. The monoisotopic (exact) mass is 270 g/mol. The molecule has 0 saturated heterocycles. The zero-order valence-corrected chi connectivity index (χ0v) is 9.47. The molecular weight excluding hydrogens is 264 g/mol. The van der Waals surface area contributed by atoms with Gasteiger partial charge in [0.2, 0.25) is 0 Å². The number of benzene rings is 1. The standard InChI is InChI=1S/C9H7BrN2OS/c10-5-1-2-7-6(3-5)9(13)8(14-11)4-12-7/h1-4H,11H2,(H,12,13). The number of rotatable bonds is 1. The van der Waals surface area contributed by atoms with E-state index in [1.807, 2.05) is 18.2 Å². The largest absolute Gasteiger partial charge is 0.506 e. The Kier molecular flexibility index (Phi) is 2.62. The fourth-order valence-electron chi connectivity index (χ4n) is 1.22. The van der Waals surface area contributed by atoms with E-state index in [9.17, 15) is 5.11 Å². The van der Waals surface area contributed by atoms with Gasteiger partial charge in [0, 0.05) is 16.1 Å². The van der Waals surface area contributed by atoms with Crippen LogP contribution in [0, 0.1) is 0 Å². The van der Waals surface area contributed by atoms with E-state index in [1.165, 1.54) is 0 Å². The van der Waals surface area contributed by atoms with Crippen molar-refractivity contribution in [1.82, 2.24) is 4.98 Å². The molecule has 0 atom stereocenters. The predicted octanol–water partition coefficient (Wildman–Crippen LogP) is 2.67. The first-order valence-electron chi connectivity index (χ1n) is 3.86. The molecule has 5 heteroatoms. The van der Waals surface area contributed by atoms with E-state index in [-0.39, 0.29) is 5.75 Å². The van der Waals surface area contributed by atoms with Gasteiger partial charge in [-0.3, -0.25) is 10.1 Å². The lowest BCUT2D eigenvalue weighted by Gasteiger charge is -2.04. The van der Waals surface area contributed by atoms with Crippen molar-refractivity contribution in [2.45, 2.75) is 4.90 Å². The summed E-state index contributed by atoms with van der Waals surface area (Å²) in [5.74, 6) is 0.184. The van der Waals surface area contributed by atoms with Crippen molar-refractivity contribution in [1.29, 1.82) is 0 Å². The molecule has 3 N–H and O–H groups in total. The van der Waals surface area contributed by atoms with Crippen LogP contribution in [0.15, 0.2) is 33.8 Å². The lowest BCUT2D eigenvalue weighted by atomic mass is 10.2. The van der Waals surface area contributed by atoms with E-state index in [2.05, 4.69) is 20.9 Å². The van der Waals surface area contributed by atoms with Crippen LogP contribution in [0.3, 0.4) is 0 Å². The van der Waals surface area contributed by atoms with Crippen molar-refractivity contribution < 1.29 is 5.11 Å². The zero-order chi connectivity index (χ0) is 10.1. The van der Waals surface area contributed by atoms with E-state index in [0.717, 1.165) is 21.9 Å². The summed E-state index contributed by atoms with van der Waals surface area (Å²) in [7, 11) is 0. The number of nitrogens with zero attached hydrogens (tertiary/aromatic N) is 1. The summed E-state index contributed by atoms with van der Waals surface area (Å²) in [5, 5.41) is 15.9. The molecule has 0 aliphatic rings. The molecule has 14 heavy (non-hydrogen) atoms. The van der Waals surface area contributed by atoms with Gasteiger partial charge in [0.25, 0.3) is 0 Å². The number of fused-ring (bicyclic) bond motifs is 1. The highest BCUT2D eigenvalue weighted by atomic mass is 79.9. The minimum atomic E-state index is 0.184. The summed E-state index contributed by atoms with van der Waals surface area (Å²) in [6.45, 7) is 0. The molecule has 0 aliphatic heterocycles. The van der Waals surface area contributed by atoms with Crippen molar-refractivity contribution in [3.05, 3.63) is 28.9 Å². The van der Waals surface area contributed by atoms with Crippen molar-refractivity contribution in [2.75, 3.05) is 0 Å². The van der Waals surface area contributed by atoms with E-state index < -0.39 is 0 Å². The maximum Gasteiger partial charge on any atom is 0.141 e. The van der Waals surface area contributed by atoms with Crippen LogP contribution in [0.1, 0.15) is 0 Å². The Morgan fingerprint density at radius 1 is 1.43 bits per heavy atom. The fourth-order valence-corrected chi connectivity index (χ4v) is 1.92. The maximum atomic E-state index is 9.81. The molecule has 1 aromatic carbocycles. The van der Waals surface area contributed by atoms with Gasteiger partial charge in [-0.25, -0.2) is 0 Å². The van der Waals surface area contributed by atoms with Crippen LogP contribution in [-0.2, 0) is 0 Å². The SMILES string of the molecule is NSc1cnc2ccc(Br)cc2c1O. The summed E-state index contributed by atoms with van der Waals surface area (Å²) in [6, 6.07) is 5.53. The minimum absolute atomic E-state index is 0.184. The van der Waals surface area contributed by atoms with Gasteiger partial charge in [0.1, 0.15) is 5.75 Å². The highest BCUT2D eigenvalue weighted by Crippen LogP contribution is 2.32. The second kappa shape index (κ2) is 3.76. The lowest BCUT2D eigenvalue weighted by Crippen LogP contribution is -1.85. The highest BCUT2D eigenvalue weighted by molar-refractivity contribution is 9.10. The van der Waals surface area contributed by atoms with Gasteiger partial charge in [-0.15, -0.1) is 0 Å². The van der Waals surface area contributed by atoms with Crippen LogP contribution >= 0.6 is 27.9 Å². The smallest absolute Gasteiger partial charge is 0.141 e. The molecular formula is C9H7BrN2OS. The molecule has 0 unspecified atom stereocenters. The van der Waals surface area contributed by atoms with E-state index in [4.69, 9.17) is 5.14 Å². The number of pyridine rings is 1. The van der Waals surface area contributed by atoms with Crippen LogP contribution < -0.4 is 5.14 Å². The van der Waals surface area contributed by atoms with Crippen molar-refractivity contribution in [3.63, 3.8) is 0 Å². The summed E-state index contributed by atoms with van der Waals surface area (Å²) in [6.07, 6.45) is 1.57. The third kappa shape index (κ3) is 1.58. The molecule has 0 amide bonds. The molecule has 0 saturated carbocycles. The van der Waals surface area contributed by atoms with E-state index in [1.54, 1.807) is 6.20 Å². The van der Waals surface area contributed by atoms with Crippen LogP contribution in [0.2, 0.25) is 0 Å². The average molecular weight is 271 g/mol. The Morgan fingerprint density at radius 2 is 2.21 bits per heavy atom. The minimum Gasteiger partial charge on any atom is -0.506 e. The number of hydrogen-bond acceptors (Lipinski definition) is 4. The second-order valence-electron chi connectivity index (χ2n) is 2.75. The molecule has 0 aliphatic carbocycles. The normalized spacial score (nSPS) is 10.7. The van der Waals surface area contributed by atoms with Gasteiger partial charge in [0.05, 0.1) is 10.4 Å².